The smallest absolute Gasteiger partial charge is 0.0783 e. The second-order valence-electron chi connectivity index (χ2n) is 6.51. The van der Waals surface area contributed by atoms with Crippen LogP contribution < -0.4 is 0 Å². The molecule has 24 heavy (non-hydrogen) atoms. The number of rotatable bonds is 6. The zero-order chi connectivity index (χ0) is 18.3. The van der Waals surface area contributed by atoms with Crippen LogP contribution in [-0.2, 0) is 0 Å². The Bertz CT molecular complexity index is 579. The largest absolute Gasteiger partial charge is 0.107 e. The van der Waals surface area contributed by atoms with Gasteiger partial charge in [0.2, 0.25) is 0 Å². The molecule has 0 saturated carbocycles. The summed E-state index contributed by atoms with van der Waals surface area (Å²) in [4.78, 5) is 0. The SMILES string of the molecule is CC#CCCCC(C)C(C)(C#CC(C)C#CCC)CCC#CCC. The molecule has 3 atom stereocenters. The Morgan fingerprint density at radius 2 is 1.58 bits per heavy atom. The van der Waals surface area contributed by atoms with E-state index in [-0.39, 0.29) is 11.3 Å². The summed E-state index contributed by atoms with van der Waals surface area (Å²) < 4.78 is 0. The minimum absolute atomic E-state index is 0.00419. The molecule has 0 amide bonds. The molecule has 0 fully saturated rings. The summed E-state index contributed by atoms with van der Waals surface area (Å²) in [7, 11) is 0. The van der Waals surface area contributed by atoms with E-state index in [9.17, 15) is 0 Å². The zero-order valence-electron chi connectivity index (χ0n) is 16.6. The van der Waals surface area contributed by atoms with Gasteiger partial charge in [0.1, 0.15) is 0 Å². The van der Waals surface area contributed by atoms with Gasteiger partial charge >= 0.3 is 0 Å². The van der Waals surface area contributed by atoms with Crippen LogP contribution in [0.15, 0.2) is 0 Å². The average Bonchev–Trinajstić information content (AvgIpc) is 2.58. The predicted molar refractivity (Wildman–Crippen MR) is 107 cm³/mol. The lowest BCUT2D eigenvalue weighted by Gasteiger charge is -2.30. The van der Waals surface area contributed by atoms with E-state index in [1.165, 1.54) is 0 Å². The summed E-state index contributed by atoms with van der Waals surface area (Å²) in [5, 5.41) is 0. The lowest BCUT2D eigenvalue weighted by atomic mass is 9.73. The maximum atomic E-state index is 3.57. The van der Waals surface area contributed by atoms with Gasteiger partial charge in [0.25, 0.3) is 0 Å². The number of unbranched alkanes of at least 4 members (excludes halogenated alkanes) is 1. The monoisotopic (exact) mass is 322 g/mol. The molecule has 0 saturated heterocycles. The fourth-order valence-corrected chi connectivity index (χ4v) is 2.47. The van der Waals surface area contributed by atoms with Gasteiger partial charge < -0.3 is 0 Å². The molecule has 0 bridgehead atoms. The van der Waals surface area contributed by atoms with E-state index in [0.29, 0.717) is 5.92 Å². The third-order valence-corrected chi connectivity index (χ3v) is 4.34. The highest BCUT2D eigenvalue weighted by Gasteiger charge is 2.28. The molecule has 130 valence electrons. The summed E-state index contributed by atoms with van der Waals surface area (Å²) in [6.07, 6.45) is 7.07. The van der Waals surface area contributed by atoms with Crippen molar-refractivity contribution in [1.82, 2.24) is 0 Å². The van der Waals surface area contributed by atoms with E-state index < -0.39 is 0 Å². The standard InChI is InChI=1S/C24H34/c1-7-10-13-15-18-23(5)24(6,20-16-14-11-8-2)21-19-22(4)17-12-9-3/h22-23H,8-9,13,15-16,18,20H2,1-6H3. The van der Waals surface area contributed by atoms with Gasteiger partial charge in [-0.3, -0.25) is 0 Å². The molecule has 0 aliphatic carbocycles. The lowest BCUT2D eigenvalue weighted by molar-refractivity contribution is 0.254. The molecule has 0 rings (SSSR count). The number of hydrogen-bond donors (Lipinski definition) is 0. The third-order valence-electron chi connectivity index (χ3n) is 4.34. The van der Waals surface area contributed by atoms with E-state index in [1.54, 1.807) is 0 Å². The van der Waals surface area contributed by atoms with E-state index in [1.807, 2.05) is 6.92 Å². The lowest BCUT2D eigenvalue weighted by Crippen LogP contribution is -2.24. The molecule has 0 heterocycles. The van der Waals surface area contributed by atoms with Gasteiger partial charge in [-0.1, -0.05) is 38.5 Å². The maximum absolute atomic E-state index is 3.57. The van der Waals surface area contributed by atoms with E-state index in [4.69, 9.17) is 0 Å². The maximum Gasteiger partial charge on any atom is 0.0783 e. The second-order valence-corrected chi connectivity index (χ2v) is 6.51. The van der Waals surface area contributed by atoms with Crippen LogP contribution in [0.1, 0.15) is 86.5 Å². The quantitative estimate of drug-likeness (QED) is 0.411. The van der Waals surface area contributed by atoms with Gasteiger partial charge in [-0.25, -0.2) is 0 Å². The molecule has 0 N–H and O–H groups in total. The summed E-state index contributed by atoms with van der Waals surface area (Å²) in [5.41, 5.74) is 0.00419. The van der Waals surface area contributed by atoms with E-state index in [2.05, 4.69) is 82.0 Å². The third kappa shape index (κ3) is 10.1. The molecule has 0 aromatic carbocycles. The van der Waals surface area contributed by atoms with Crippen molar-refractivity contribution in [2.75, 3.05) is 0 Å². The molecule has 0 nitrogen and oxygen atoms in total. The Kier molecular flexibility index (Phi) is 12.7. The molecule has 0 aromatic heterocycles. The molecule has 0 aliphatic rings. The summed E-state index contributed by atoms with van der Waals surface area (Å²) in [6, 6.07) is 0. The highest BCUT2D eigenvalue weighted by atomic mass is 14.3. The van der Waals surface area contributed by atoms with Crippen LogP contribution in [-0.4, -0.2) is 0 Å². The molecule has 0 radical (unpaired) electrons. The second kappa shape index (κ2) is 13.7. The van der Waals surface area contributed by atoms with Crippen molar-refractivity contribution < 1.29 is 0 Å². The molecule has 0 aliphatic heterocycles. The number of hydrogen-bond acceptors (Lipinski definition) is 0. The first-order chi connectivity index (χ1) is 11.5. The Morgan fingerprint density at radius 3 is 2.21 bits per heavy atom. The molecule has 3 unspecified atom stereocenters. The Labute approximate surface area is 151 Å². The van der Waals surface area contributed by atoms with Crippen molar-refractivity contribution >= 4 is 0 Å². The van der Waals surface area contributed by atoms with E-state index in [0.717, 1.165) is 44.9 Å². The van der Waals surface area contributed by atoms with Gasteiger partial charge in [-0.15, -0.1) is 29.6 Å². The van der Waals surface area contributed by atoms with Crippen LogP contribution in [0.2, 0.25) is 0 Å². The summed E-state index contributed by atoms with van der Waals surface area (Å²) in [5.74, 6) is 26.6. The molecule has 0 heteroatoms. The van der Waals surface area contributed by atoms with Crippen molar-refractivity contribution in [3.8, 4) is 47.4 Å². The van der Waals surface area contributed by atoms with Crippen molar-refractivity contribution in [3.63, 3.8) is 0 Å². The van der Waals surface area contributed by atoms with Crippen molar-refractivity contribution in [2.45, 2.75) is 86.5 Å². The normalized spacial score (nSPS) is 14.1. The fraction of sp³-hybridized carbons (Fsp3) is 0.667. The van der Waals surface area contributed by atoms with Crippen LogP contribution in [0.4, 0.5) is 0 Å². The molecule has 0 aromatic rings. The van der Waals surface area contributed by atoms with Crippen LogP contribution in [0.25, 0.3) is 0 Å². The van der Waals surface area contributed by atoms with Crippen molar-refractivity contribution in [1.29, 1.82) is 0 Å². The minimum Gasteiger partial charge on any atom is -0.107 e. The summed E-state index contributed by atoms with van der Waals surface area (Å²) in [6.45, 7) is 12.8. The van der Waals surface area contributed by atoms with Gasteiger partial charge in [-0.2, -0.15) is 0 Å². The Balaban J connectivity index is 5.04. The van der Waals surface area contributed by atoms with Crippen LogP contribution in [0.5, 0.6) is 0 Å². The first-order valence-electron chi connectivity index (χ1n) is 9.36. The van der Waals surface area contributed by atoms with Crippen LogP contribution in [0.3, 0.4) is 0 Å². The molecular formula is C24H34. The first-order valence-corrected chi connectivity index (χ1v) is 9.36. The van der Waals surface area contributed by atoms with Gasteiger partial charge in [0, 0.05) is 31.1 Å². The highest BCUT2D eigenvalue weighted by molar-refractivity contribution is 5.21. The van der Waals surface area contributed by atoms with Gasteiger partial charge in [-0.05, 0) is 46.0 Å². The van der Waals surface area contributed by atoms with Crippen LogP contribution in [0, 0.1) is 64.6 Å². The Hall–Kier alpha value is -1.76. The average molecular weight is 323 g/mol. The zero-order valence-corrected chi connectivity index (χ0v) is 16.6. The van der Waals surface area contributed by atoms with Gasteiger partial charge in [0.05, 0.1) is 5.92 Å². The Morgan fingerprint density at radius 1 is 0.875 bits per heavy atom. The minimum atomic E-state index is 0.00419. The predicted octanol–water partition coefficient (Wildman–Crippen LogP) is 6.07. The van der Waals surface area contributed by atoms with Crippen molar-refractivity contribution in [3.05, 3.63) is 0 Å². The van der Waals surface area contributed by atoms with E-state index >= 15 is 0 Å². The van der Waals surface area contributed by atoms with Crippen LogP contribution >= 0.6 is 0 Å². The first kappa shape index (κ1) is 22.2. The summed E-state index contributed by atoms with van der Waals surface area (Å²) >= 11 is 0. The fourth-order valence-electron chi connectivity index (χ4n) is 2.47. The molecular weight excluding hydrogens is 288 g/mol. The molecule has 0 spiro atoms. The highest BCUT2D eigenvalue weighted by Crippen LogP contribution is 2.35. The van der Waals surface area contributed by atoms with Crippen molar-refractivity contribution in [2.24, 2.45) is 17.3 Å². The van der Waals surface area contributed by atoms with Gasteiger partial charge in [0.15, 0.2) is 0 Å². The topological polar surface area (TPSA) is 0 Å².